The van der Waals surface area contributed by atoms with Crippen LogP contribution in [0, 0.1) is 0 Å². The average molecular weight is 228 g/mol. The Bertz CT molecular complexity index is 410. The van der Waals surface area contributed by atoms with Gasteiger partial charge in [-0.3, -0.25) is 0 Å². The highest BCUT2D eigenvalue weighted by molar-refractivity contribution is 9.10. The molecule has 3 nitrogen and oxygen atoms in total. The van der Waals surface area contributed by atoms with E-state index in [1.54, 1.807) is 13.3 Å². The van der Waals surface area contributed by atoms with Crippen LogP contribution < -0.4 is 4.74 Å². The molecule has 0 amide bonds. The summed E-state index contributed by atoms with van der Waals surface area (Å²) in [5.74, 6) is 0.512. The summed E-state index contributed by atoms with van der Waals surface area (Å²) in [5.41, 5.74) is 0.673. The van der Waals surface area contributed by atoms with Gasteiger partial charge in [-0.15, -0.1) is 0 Å². The van der Waals surface area contributed by atoms with Gasteiger partial charge in [0.05, 0.1) is 7.11 Å². The van der Waals surface area contributed by atoms with Crippen LogP contribution in [0.25, 0.3) is 11.0 Å². The number of ether oxygens (including phenoxy) is 1. The van der Waals surface area contributed by atoms with Gasteiger partial charge < -0.3 is 9.15 Å². The Balaban J connectivity index is 2.78. The molecule has 12 heavy (non-hydrogen) atoms. The lowest BCUT2D eigenvalue weighted by atomic mass is 10.3. The van der Waals surface area contributed by atoms with Gasteiger partial charge in [0.25, 0.3) is 5.88 Å². The smallest absolute Gasteiger partial charge is 0.258 e. The quantitative estimate of drug-likeness (QED) is 0.752. The van der Waals surface area contributed by atoms with E-state index in [2.05, 4.69) is 20.9 Å². The Morgan fingerprint density at radius 2 is 2.42 bits per heavy atom. The van der Waals surface area contributed by atoms with Crippen LogP contribution >= 0.6 is 15.9 Å². The van der Waals surface area contributed by atoms with Crippen LogP contribution in [-0.4, -0.2) is 12.1 Å². The summed E-state index contributed by atoms with van der Waals surface area (Å²) in [5, 5.41) is 0.980. The fraction of sp³-hybridized carbons (Fsp3) is 0.125. The van der Waals surface area contributed by atoms with E-state index in [0.29, 0.717) is 16.1 Å². The lowest BCUT2D eigenvalue weighted by molar-refractivity contribution is 0.392. The molecule has 0 aliphatic rings. The monoisotopic (exact) mass is 227 g/mol. The standard InChI is InChI=1S/C8H6BrNO2/c1-11-8-7-5(2-3-10-8)4-6(9)12-7/h2-4H,1H3. The Morgan fingerprint density at radius 3 is 3.17 bits per heavy atom. The lowest BCUT2D eigenvalue weighted by Crippen LogP contribution is -1.85. The zero-order valence-corrected chi connectivity index (χ0v) is 7.96. The first-order chi connectivity index (χ1) is 5.81. The molecule has 0 fully saturated rings. The molecule has 0 bridgehead atoms. The second kappa shape index (κ2) is 2.79. The van der Waals surface area contributed by atoms with Crippen molar-refractivity contribution in [3.05, 3.63) is 23.0 Å². The minimum absolute atomic E-state index is 0.512. The Hall–Kier alpha value is -1.03. The molecule has 0 saturated carbocycles. The van der Waals surface area contributed by atoms with Gasteiger partial charge >= 0.3 is 0 Å². The van der Waals surface area contributed by atoms with E-state index in [9.17, 15) is 0 Å². The predicted molar refractivity (Wildman–Crippen MR) is 48.3 cm³/mol. The van der Waals surface area contributed by atoms with Crippen LogP contribution in [0.1, 0.15) is 0 Å². The number of fused-ring (bicyclic) bond motifs is 1. The molecule has 62 valence electrons. The van der Waals surface area contributed by atoms with Gasteiger partial charge in [0, 0.05) is 11.6 Å². The molecule has 2 aromatic heterocycles. The number of hydrogen-bond acceptors (Lipinski definition) is 3. The fourth-order valence-corrected chi connectivity index (χ4v) is 1.46. The Kier molecular flexibility index (Phi) is 1.77. The van der Waals surface area contributed by atoms with Crippen molar-refractivity contribution in [2.24, 2.45) is 0 Å². The topological polar surface area (TPSA) is 35.3 Å². The summed E-state index contributed by atoms with van der Waals surface area (Å²) in [7, 11) is 1.57. The van der Waals surface area contributed by atoms with E-state index in [0.717, 1.165) is 5.39 Å². The molecule has 2 heterocycles. The maximum Gasteiger partial charge on any atom is 0.258 e. The summed E-state index contributed by atoms with van der Waals surface area (Å²) in [6.07, 6.45) is 1.68. The van der Waals surface area contributed by atoms with E-state index in [1.165, 1.54) is 0 Å². The number of methoxy groups -OCH3 is 1. The second-order valence-corrected chi connectivity index (χ2v) is 3.07. The van der Waals surface area contributed by atoms with Crippen LogP contribution in [0.3, 0.4) is 0 Å². The Labute approximate surface area is 77.5 Å². The molecule has 4 heteroatoms. The SMILES string of the molecule is COc1nccc2cc(Br)oc12. The molecule has 0 aliphatic carbocycles. The molecule has 2 rings (SSSR count). The first-order valence-electron chi connectivity index (χ1n) is 3.39. The molecule has 0 unspecified atom stereocenters. The third-order valence-corrected chi connectivity index (χ3v) is 1.95. The third kappa shape index (κ3) is 1.08. The Morgan fingerprint density at radius 1 is 1.58 bits per heavy atom. The van der Waals surface area contributed by atoms with Crippen LogP contribution in [0.4, 0.5) is 0 Å². The van der Waals surface area contributed by atoms with Crippen molar-refractivity contribution in [2.45, 2.75) is 0 Å². The molecule has 0 saturated heterocycles. The van der Waals surface area contributed by atoms with Crippen molar-refractivity contribution in [2.75, 3.05) is 7.11 Å². The van der Waals surface area contributed by atoms with E-state index in [4.69, 9.17) is 9.15 Å². The van der Waals surface area contributed by atoms with Crippen LogP contribution in [0.2, 0.25) is 0 Å². The highest BCUT2D eigenvalue weighted by Crippen LogP contribution is 2.28. The van der Waals surface area contributed by atoms with Crippen LogP contribution in [0.15, 0.2) is 27.4 Å². The maximum atomic E-state index is 5.32. The van der Waals surface area contributed by atoms with Gasteiger partial charge in [0.15, 0.2) is 10.3 Å². The number of halogens is 1. The minimum atomic E-state index is 0.512. The number of nitrogens with zero attached hydrogens (tertiary/aromatic N) is 1. The summed E-state index contributed by atoms with van der Waals surface area (Å²) in [4.78, 5) is 4.00. The number of furan rings is 1. The van der Waals surface area contributed by atoms with Gasteiger partial charge in [-0.2, -0.15) is 0 Å². The summed E-state index contributed by atoms with van der Waals surface area (Å²) >= 11 is 3.24. The normalized spacial score (nSPS) is 10.5. The summed E-state index contributed by atoms with van der Waals surface area (Å²) in [6, 6.07) is 3.74. The molecule has 0 atom stereocenters. The summed E-state index contributed by atoms with van der Waals surface area (Å²) < 4.78 is 11.0. The van der Waals surface area contributed by atoms with Crippen molar-refractivity contribution in [3.8, 4) is 5.88 Å². The van der Waals surface area contributed by atoms with E-state index >= 15 is 0 Å². The zero-order valence-electron chi connectivity index (χ0n) is 6.37. The molecule has 0 aliphatic heterocycles. The van der Waals surface area contributed by atoms with Crippen molar-refractivity contribution < 1.29 is 9.15 Å². The molecule has 0 N–H and O–H groups in total. The van der Waals surface area contributed by atoms with E-state index < -0.39 is 0 Å². The van der Waals surface area contributed by atoms with E-state index in [-0.39, 0.29) is 0 Å². The van der Waals surface area contributed by atoms with Crippen LogP contribution in [0.5, 0.6) is 5.88 Å². The van der Waals surface area contributed by atoms with Crippen molar-refractivity contribution in [1.82, 2.24) is 4.98 Å². The molecule has 0 aromatic carbocycles. The van der Waals surface area contributed by atoms with Crippen LogP contribution in [-0.2, 0) is 0 Å². The van der Waals surface area contributed by atoms with E-state index in [1.807, 2.05) is 12.1 Å². The molecule has 0 spiro atoms. The third-order valence-electron chi connectivity index (χ3n) is 1.56. The largest absolute Gasteiger partial charge is 0.478 e. The molecule has 2 aromatic rings. The summed E-state index contributed by atoms with van der Waals surface area (Å²) in [6.45, 7) is 0. The number of aromatic nitrogens is 1. The van der Waals surface area contributed by atoms with Gasteiger partial charge in [0.2, 0.25) is 0 Å². The molecular weight excluding hydrogens is 222 g/mol. The predicted octanol–water partition coefficient (Wildman–Crippen LogP) is 2.60. The van der Waals surface area contributed by atoms with Crippen molar-refractivity contribution >= 4 is 26.9 Å². The highest BCUT2D eigenvalue weighted by atomic mass is 79.9. The minimum Gasteiger partial charge on any atom is -0.478 e. The second-order valence-electron chi connectivity index (χ2n) is 2.29. The highest BCUT2D eigenvalue weighted by Gasteiger charge is 2.07. The van der Waals surface area contributed by atoms with Gasteiger partial charge in [-0.05, 0) is 28.1 Å². The number of rotatable bonds is 1. The van der Waals surface area contributed by atoms with Gasteiger partial charge in [-0.1, -0.05) is 0 Å². The maximum absolute atomic E-state index is 5.32. The molecule has 0 radical (unpaired) electrons. The average Bonchev–Trinajstić information content (AvgIpc) is 2.44. The first-order valence-corrected chi connectivity index (χ1v) is 4.18. The zero-order chi connectivity index (χ0) is 8.55. The number of hydrogen-bond donors (Lipinski definition) is 0. The lowest BCUT2D eigenvalue weighted by Gasteiger charge is -1.96. The fourth-order valence-electron chi connectivity index (χ4n) is 1.05. The van der Waals surface area contributed by atoms with Gasteiger partial charge in [0.1, 0.15) is 0 Å². The van der Waals surface area contributed by atoms with Crippen molar-refractivity contribution in [3.63, 3.8) is 0 Å². The van der Waals surface area contributed by atoms with Crippen molar-refractivity contribution in [1.29, 1.82) is 0 Å². The molecular formula is C8H6BrNO2. The van der Waals surface area contributed by atoms with Gasteiger partial charge in [-0.25, -0.2) is 4.98 Å². The first kappa shape index (κ1) is 7.61. The number of pyridine rings is 1.